The van der Waals surface area contributed by atoms with Gasteiger partial charge in [0.1, 0.15) is 6.04 Å². The summed E-state index contributed by atoms with van der Waals surface area (Å²) in [4.78, 5) is 37.5. The molecular formula is C24H23N3O3. The van der Waals surface area contributed by atoms with Gasteiger partial charge in [-0.1, -0.05) is 61.5 Å². The van der Waals surface area contributed by atoms with Gasteiger partial charge in [-0.3, -0.25) is 14.4 Å². The van der Waals surface area contributed by atoms with E-state index in [-0.39, 0.29) is 11.8 Å². The second-order valence-corrected chi connectivity index (χ2v) is 6.65. The lowest BCUT2D eigenvalue weighted by atomic mass is 10.0. The van der Waals surface area contributed by atoms with E-state index in [1.807, 2.05) is 36.4 Å². The van der Waals surface area contributed by atoms with E-state index in [2.05, 4.69) is 16.0 Å². The van der Waals surface area contributed by atoms with Gasteiger partial charge in [0.05, 0.1) is 0 Å². The van der Waals surface area contributed by atoms with Gasteiger partial charge < -0.3 is 16.0 Å². The molecule has 6 nitrogen and oxygen atoms in total. The molecule has 30 heavy (non-hydrogen) atoms. The third-order valence-corrected chi connectivity index (χ3v) is 4.44. The summed E-state index contributed by atoms with van der Waals surface area (Å²) in [6, 6.07) is 23.8. The largest absolute Gasteiger partial charge is 0.336 e. The molecule has 1 atom stereocenters. The van der Waals surface area contributed by atoms with Gasteiger partial charge in [0.2, 0.25) is 5.91 Å². The molecule has 3 aromatic rings. The number of nitrogens with one attached hydrogen (secondary N) is 3. The first-order valence-electron chi connectivity index (χ1n) is 9.68. The molecule has 3 amide bonds. The molecule has 0 saturated heterocycles. The van der Waals surface area contributed by atoms with E-state index in [0.29, 0.717) is 28.9 Å². The summed E-state index contributed by atoms with van der Waals surface area (Å²) < 4.78 is 0. The maximum atomic E-state index is 12.9. The van der Waals surface area contributed by atoms with Crippen molar-refractivity contribution in [2.24, 2.45) is 0 Å². The van der Waals surface area contributed by atoms with Crippen molar-refractivity contribution in [2.75, 3.05) is 10.6 Å². The van der Waals surface area contributed by atoms with Crippen LogP contribution >= 0.6 is 0 Å². The molecule has 3 rings (SSSR count). The molecular weight excluding hydrogens is 378 g/mol. The lowest BCUT2D eigenvalue weighted by molar-refractivity contribution is -0.118. The molecule has 3 aromatic carbocycles. The molecule has 0 aliphatic rings. The Bertz CT molecular complexity index is 1020. The van der Waals surface area contributed by atoms with Gasteiger partial charge in [0, 0.05) is 23.4 Å². The number of hydrogen-bond donors (Lipinski definition) is 3. The zero-order valence-corrected chi connectivity index (χ0v) is 16.6. The van der Waals surface area contributed by atoms with Crippen molar-refractivity contribution in [3.05, 3.63) is 96.1 Å². The van der Waals surface area contributed by atoms with Crippen molar-refractivity contribution < 1.29 is 14.4 Å². The summed E-state index contributed by atoms with van der Waals surface area (Å²) in [6.07, 6.45) is 0.339. The van der Waals surface area contributed by atoms with E-state index < -0.39 is 11.9 Å². The Kier molecular flexibility index (Phi) is 6.95. The van der Waals surface area contributed by atoms with Crippen molar-refractivity contribution in [1.29, 1.82) is 0 Å². The van der Waals surface area contributed by atoms with E-state index in [9.17, 15) is 14.4 Å². The number of benzene rings is 3. The summed E-state index contributed by atoms with van der Waals surface area (Å²) in [5.41, 5.74) is 2.17. The maximum absolute atomic E-state index is 12.9. The van der Waals surface area contributed by atoms with Crippen LogP contribution in [0.2, 0.25) is 0 Å². The zero-order valence-electron chi connectivity index (χ0n) is 16.6. The highest BCUT2D eigenvalue weighted by Crippen LogP contribution is 2.18. The molecule has 0 aliphatic heterocycles. The van der Waals surface area contributed by atoms with Gasteiger partial charge in [-0.2, -0.15) is 0 Å². The molecule has 0 aliphatic carbocycles. The van der Waals surface area contributed by atoms with E-state index in [4.69, 9.17) is 0 Å². The van der Waals surface area contributed by atoms with Crippen LogP contribution in [0.3, 0.4) is 0 Å². The van der Waals surface area contributed by atoms with Crippen LogP contribution in [0.15, 0.2) is 84.9 Å². The van der Waals surface area contributed by atoms with Gasteiger partial charge in [-0.25, -0.2) is 0 Å². The van der Waals surface area contributed by atoms with Crippen molar-refractivity contribution in [3.63, 3.8) is 0 Å². The highest BCUT2D eigenvalue weighted by atomic mass is 16.2. The third kappa shape index (κ3) is 5.54. The van der Waals surface area contributed by atoms with Crippen LogP contribution in [0.4, 0.5) is 11.4 Å². The van der Waals surface area contributed by atoms with E-state index in [1.54, 1.807) is 55.5 Å². The Balaban J connectivity index is 1.81. The van der Waals surface area contributed by atoms with Crippen LogP contribution in [0.1, 0.15) is 35.3 Å². The average molecular weight is 401 g/mol. The second-order valence-electron chi connectivity index (χ2n) is 6.65. The fourth-order valence-electron chi connectivity index (χ4n) is 2.88. The fourth-order valence-corrected chi connectivity index (χ4v) is 2.88. The normalized spacial score (nSPS) is 11.2. The van der Waals surface area contributed by atoms with Crippen molar-refractivity contribution in [1.82, 2.24) is 5.32 Å². The molecule has 0 heterocycles. The monoisotopic (exact) mass is 401 g/mol. The Morgan fingerprint density at radius 3 is 2.07 bits per heavy atom. The molecule has 0 aromatic heterocycles. The predicted molar refractivity (Wildman–Crippen MR) is 117 cm³/mol. The van der Waals surface area contributed by atoms with Crippen LogP contribution in [0, 0.1) is 0 Å². The van der Waals surface area contributed by atoms with Crippen LogP contribution in [0.5, 0.6) is 0 Å². The highest BCUT2D eigenvalue weighted by Gasteiger charge is 2.23. The first kappa shape index (κ1) is 20.8. The molecule has 0 bridgehead atoms. The van der Waals surface area contributed by atoms with Crippen molar-refractivity contribution in [2.45, 2.75) is 19.4 Å². The first-order valence-corrected chi connectivity index (χ1v) is 9.68. The molecule has 0 radical (unpaired) electrons. The number of carbonyl (C=O) groups excluding carboxylic acids is 3. The van der Waals surface area contributed by atoms with E-state index in [0.717, 1.165) is 0 Å². The Hall–Kier alpha value is -3.93. The fraction of sp³-hybridized carbons (Fsp3) is 0.125. The Morgan fingerprint density at radius 2 is 1.40 bits per heavy atom. The highest BCUT2D eigenvalue weighted by molar-refractivity contribution is 6.02. The van der Waals surface area contributed by atoms with Crippen LogP contribution in [-0.4, -0.2) is 17.7 Å². The van der Waals surface area contributed by atoms with Gasteiger partial charge in [0.25, 0.3) is 11.8 Å². The molecule has 152 valence electrons. The van der Waals surface area contributed by atoms with Gasteiger partial charge in [-0.15, -0.1) is 0 Å². The topological polar surface area (TPSA) is 87.3 Å². The van der Waals surface area contributed by atoms with Gasteiger partial charge in [0.15, 0.2) is 0 Å². The summed E-state index contributed by atoms with van der Waals surface area (Å²) in [7, 11) is 0. The summed E-state index contributed by atoms with van der Waals surface area (Å²) >= 11 is 0. The van der Waals surface area contributed by atoms with Crippen molar-refractivity contribution >= 4 is 29.1 Å². The number of anilines is 2. The zero-order chi connectivity index (χ0) is 21.3. The quantitative estimate of drug-likeness (QED) is 0.556. The molecule has 0 spiro atoms. The lowest BCUT2D eigenvalue weighted by Gasteiger charge is -2.19. The van der Waals surface area contributed by atoms with Gasteiger partial charge >= 0.3 is 0 Å². The van der Waals surface area contributed by atoms with E-state index >= 15 is 0 Å². The lowest BCUT2D eigenvalue weighted by Crippen LogP contribution is -2.37. The Labute approximate surface area is 175 Å². The number of amides is 3. The van der Waals surface area contributed by atoms with Gasteiger partial charge in [-0.05, 0) is 35.9 Å². The molecule has 1 unspecified atom stereocenters. The number of hydrogen-bond acceptors (Lipinski definition) is 3. The van der Waals surface area contributed by atoms with Crippen molar-refractivity contribution in [3.8, 4) is 0 Å². The third-order valence-electron chi connectivity index (χ3n) is 4.44. The SMILES string of the molecule is CCC(=O)Nc1cccc(C(=O)NC(C(=O)Nc2ccccc2)c2ccccc2)c1. The van der Waals surface area contributed by atoms with E-state index in [1.165, 1.54) is 0 Å². The molecule has 6 heteroatoms. The number of para-hydroxylation sites is 1. The summed E-state index contributed by atoms with van der Waals surface area (Å²) in [6.45, 7) is 1.75. The van der Waals surface area contributed by atoms with Crippen LogP contribution in [-0.2, 0) is 9.59 Å². The number of rotatable bonds is 7. The number of carbonyl (C=O) groups is 3. The minimum absolute atomic E-state index is 0.142. The maximum Gasteiger partial charge on any atom is 0.252 e. The predicted octanol–water partition coefficient (Wildman–Crippen LogP) is 4.14. The molecule has 0 fully saturated rings. The standard InChI is InChI=1S/C24H23N3O3/c1-2-21(28)25-20-15-9-12-18(16-20)23(29)27-22(17-10-5-3-6-11-17)24(30)26-19-13-7-4-8-14-19/h3-16,22H,2H2,1H3,(H,25,28)(H,26,30)(H,27,29). The molecule has 0 saturated carbocycles. The smallest absolute Gasteiger partial charge is 0.252 e. The first-order chi connectivity index (χ1) is 14.6. The minimum Gasteiger partial charge on any atom is -0.336 e. The average Bonchev–Trinajstić information content (AvgIpc) is 2.78. The van der Waals surface area contributed by atoms with Crippen LogP contribution < -0.4 is 16.0 Å². The summed E-state index contributed by atoms with van der Waals surface area (Å²) in [5.74, 6) is -0.909. The summed E-state index contributed by atoms with van der Waals surface area (Å²) in [5, 5.41) is 8.36. The Morgan fingerprint density at radius 1 is 0.767 bits per heavy atom. The second kappa shape index (κ2) is 10.0. The van der Waals surface area contributed by atoms with Crippen LogP contribution in [0.25, 0.3) is 0 Å². The molecule has 3 N–H and O–H groups in total. The minimum atomic E-state index is -0.882.